The molecule has 1 heterocycles. The van der Waals surface area contributed by atoms with E-state index in [0.717, 1.165) is 30.4 Å². The fourth-order valence-corrected chi connectivity index (χ4v) is 2.72. The maximum atomic E-state index is 10.7. The van der Waals surface area contributed by atoms with Gasteiger partial charge in [0.25, 0.3) is 0 Å². The van der Waals surface area contributed by atoms with E-state index >= 15 is 0 Å². The molecular weight excluding hydrogens is 266 g/mol. The van der Waals surface area contributed by atoms with Gasteiger partial charge in [0.15, 0.2) is 0 Å². The van der Waals surface area contributed by atoms with E-state index in [9.17, 15) is 5.11 Å². The molecule has 3 heteroatoms. The van der Waals surface area contributed by atoms with Crippen molar-refractivity contribution >= 4 is 15.9 Å². The van der Waals surface area contributed by atoms with Crippen molar-refractivity contribution in [2.45, 2.75) is 25.4 Å². The monoisotopic (exact) mass is 283 g/mol. The second-order valence-electron chi connectivity index (χ2n) is 4.73. The normalized spacial score (nSPS) is 30.3. The van der Waals surface area contributed by atoms with Crippen molar-refractivity contribution in [1.29, 1.82) is 0 Å². The van der Waals surface area contributed by atoms with E-state index in [4.69, 9.17) is 0 Å². The number of hydrogen-bond acceptors (Lipinski definition) is 2. The highest BCUT2D eigenvalue weighted by molar-refractivity contribution is 9.10. The van der Waals surface area contributed by atoms with Gasteiger partial charge in [-0.1, -0.05) is 41.1 Å². The zero-order chi connectivity index (χ0) is 11.6. The smallest absolute Gasteiger partial charge is 0.0737 e. The van der Waals surface area contributed by atoms with Crippen LogP contribution in [0.15, 0.2) is 28.7 Å². The van der Waals surface area contributed by atoms with Gasteiger partial charge in [0, 0.05) is 17.4 Å². The molecular formula is C13H18BrNO. The van der Waals surface area contributed by atoms with Gasteiger partial charge in [0.2, 0.25) is 0 Å². The Kier molecular flexibility index (Phi) is 3.67. The van der Waals surface area contributed by atoms with Gasteiger partial charge in [-0.3, -0.25) is 0 Å². The molecule has 1 aromatic carbocycles. The predicted octanol–water partition coefficient (Wildman–Crippen LogP) is 2.35. The number of halogens is 1. The molecule has 1 aliphatic rings. The summed E-state index contributed by atoms with van der Waals surface area (Å²) in [7, 11) is 0. The number of hydrogen-bond donors (Lipinski definition) is 2. The van der Waals surface area contributed by atoms with Gasteiger partial charge >= 0.3 is 0 Å². The second kappa shape index (κ2) is 4.86. The summed E-state index contributed by atoms with van der Waals surface area (Å²) in [4.78, 5) is 0. The minimum Gasteiger partial charge on any atom is -0.389 e. The first-order chi connectivity index (χ1) is 7.62. The summed E-state index contributed by atoms with van der Waals surface area (Å²) in [5, 5.41) is 14.0. The molecule has 0 amide bonds. The molecule has 88 valence electrons. The Balaban J connectivity index is 2.16. The summed E-state index contributed by atoms with van der Waals surface area (Å²) in [6, 6.07) is 8.14. The summed E-state index contributed by atoms with van der Waals surface area (Å²) in [6.45, 7) is 3.93. The Bertz CT molecular complexity index is 369. The number of piperidine rings is 1. The summed E-state index contributed by atoms with van der Waals surface area (Å²) in [5.41, 5.74) is 0.633. The van der Waals surface area contributed by atoms with E-state index in [1.807, 2.05) is 18.2 Å². The minimum absolute atomic E-state index is 0.299. The zero-order valence-corrected chi connectivity index (χ0v) is 11.1. The highest BCUT2D eigenvalue weighted by Gasteiger charge is 2.36. The molecule has 0 saturated carbocycles. The third-order valence-corrected chi connectivity index (χ3v) is 4.33. The first kappa shape index (κ1) is 12.1. The first-order valence-corrected chi connectivity index (χ1v) is 6.57. The predicted molar refractivity (Wildman–Crippen MR) is 69.4 cm³/mol. The summed E-state index contributed by atoms with van der Waals surface area (Å²) < 4.78 is 1.09. The summed E-state index contributed by atoms with van der Waals surface area (Å²) in [6.07, 6.45) is 1.56. The van der Waals surface area contributed by atoms with Crippen molar-refractivity contribution in [2.24, 2.45) is 5.92 Å². The Morgan fingerprint density at radius 1 is 1.50 bits per heavy atom. The topological polar surface area (TPSA) is 32.3 Å². The Morgan fingerprint density at radius 3 is 2.94 bits per heavy atom. The zero-order valence-electron chi connectivity index (χ0n) is 9.54. The van der Waals surface area contributed by atoms with E-state index < -0.39 is 5.60 Å². The Hall–Kier alpha value is -0.380. The minimum atomic E-state index is -0.560. The average Bonchev–Trinajstić information content (AvgIpc) is 2.26. The first-order valence-electron chi connectivity index (χ1n) is 5.78. The fraction of sp³-hybridized carbons (Fsp3) is 0.538. The molecule has 1 saturated heterocycles. The van der Waals surface area contributed by atoms with Crippen LogP contribution in [0.5, 0.6) is 0 Å². The van der Waals surface area contributed by atoms with Gasteiger partial charge in [0.1, 0.15) is 0 Å². The number of benzene rings is 1. The van der Waals surface area contributed by atoms with Crippen LogP contribution < -0.4 is 5.32 Å². The van der Waals surface area contributed by atoms with Gasteiger partial charge in [-0.2, -0.15) is 0 Å². The molecule has 2 nitrogen and oxygen atoms in total. The van der Waals surface area contributed by atoms with Gasteiger partial charge in [-0.15, -0.1) is 0 Å². The maximum absolute atomic E-state index is 10.7. The van der Waals surface area contributed by atoms with Crippen LogP contribution in [0.4, 0.5) is 0 Å². The second-order valence-corrected chi connectivity index (χ2v) is 5.58. The Morgan fingerprint density at radius 2 is 2.25 bits per heavy atom. The molecule has 0 aliphatic carbocycles. The van der Waals surface area contributed by atoms with E-state index in [1.54, 1.807) is 0 Å². The van der Waals surface area contributed by atoms with E-state index in [-0.39, 0.29) is 0 Å². The van der Waals surface area contributed by atoms with Crippen LogP contribution in [0.1, 0.15) is 18.9 Å². The van der Waals surface area contributed by atoms with Crippen molar-refractivity contribution in [2.75, 3.05) is 13.1 Å². The average molecular weight is 284 g/mol. The van der Waals surface area contributed by atoms with Crippen molar-refractivity contribution < 1.29 is 5.11 Å². The van der Waals surface area contributed by atoms with Crippen molar-refractivity contribution in [3.8, 4) is 0 Å². The molecule has 1 fully saturated rings. The Labute approximate surface area is 105 Å². The van der Waals surface area contributed by atoms with Crippen LogP contribution in [0.25, 0.3) is 0 Å². The van der Waals surface area contributed by atoms with E-state index in [0.29, 0.717) is 5.92 Å². The number of aliphatic hydroxyl groups is 1. The molecule has 2 atom stereocenters. The van der Waals surface area contributed by atoms with Gasteiger partial charge in [-0.05, 0) is 30.5 Å². The maximum Gasteiger partial charge on any atom is 0.0737 e. The van der Waals surface area contributed by atoms with Crippen molar-refractivity contribution in [3.05, 3.63) is 34.3 Å². The lowest BCUT2D eigenvalue weighted by Crippen LogP contribution is -2.50. The third kappa shape index (κ3) is 2.47. The highest BCUT2D eigenvalue weighted by atomic mass is 79.9. The summed E-state index contributed by atoms with van der Waals surface area (Å²) in [5.74, 6) is 0.299. The van der Waals surface area contributed by atoms with Crippen LogP contribution in [0.3, 0.4) is 0 Å². The van der Waals surface area contributed by atoms with Crippen molar-refractivity contribution in [3.63, 3.8) is 0 Å². The molecule has 1 aromatic rings. The van der Waals surface area contributed by atoms with Crippen LogP contribution in [-0.4, -0.2) is 23.8 Å². The van der Waals surface area contributed by atoms with Gasteiger partial charge in [0.05, 0.1) is 5.60 Å². The molecule has 16 heavy (non-hydrogen) atoms. The lowest BCUT2D eigenvalue weighted by Gasteiger charge is -2.39. The fourth-order valence-electron chi connectivity index (χ4n) is 2.29. The third-order valence-electron chi connectivity index (χ3n) is 3.56. The van der Waals surface area contributed by atoms with Crippen LogP contribution in [-0.2, 0) is 6.42 Å². The van der Waals surface area contributed by atoms with Crippen molar-refractivity contribution in [1.82, 2.24) is 5.32 Å². The van der Waals surface area contributed by atoms with Gasteiger partial charge < -0.3 is 10.4 Å². The van der Waals surface area contributed by atoms with Crippen LogP contribution in [0, 0.1) is 5.92 Å². The standard InChI is InChI=1S/C13H18BrNO/c1-10-9-15-7-6-13(10,16)8-11-4-2-3-5-12(11)14/h2-5,10,15-16H,6-9H2,1H3. The lowest BCUT2D eigenvalue weighted by molar-refractivity contribution is -0.0330. The lowest BCUT2D eigenvalue weighted by atomic mass is 9.78. The van der Waals surface area contributed by atoms with Gasteiger partial charge in [-0.25, -0.2) is 0 Å². The quantitative estimate of drug-likeness (QED) is 0.873. The van der Waals surface area contributed by atoms with Crippen LogP contribution in [0.2, 0.25) is 0 Å². The summed E-state index contributed by atoms with van der Waals surface area (Å²) >= 11 is 3.54. The van der Waals surface area contributed by atoms with E-state index in [1.165, 1.54) is 5.56 Å². The largest absolute Gasteiger partial charge is 0.389 e. The number of rotatable bonds is 2. The molecule has 0 spiro atoms. The van der Waals surface area contributed by atoms with Crippen LogP contribution >= 0.6 is 15.9 Å². The van der Waals surface area contributed by atoms with E-state index in [2.05, 4.69) is 34.2 Å². The molecule has 2 rings (SSSR count). The molecule has 2 unspecified atom stereocenters. The SMILES string of the molecule is CC1CNCCC1(O)Cc1ccccc1Br. The molecule has 2 N–H and O–H groups in total. The highest BCUT2D eigenvalue weighted by Crippen LogP contribution is 2.30. The molecule has 0 radical (unpaired) electrons. The number of nitrogens with one attached hydrogen (secondary N) is 1. The molecule has 0 bridgehead atoms. The molecule has 0 aromatic heterocycles. The molecule has 1 aliphatic heterocycles.